The molecule has 6 heteroatoms. The maximum absolute atomic E-state index is 12.2. The van der Waals surface area contributed by atoms with Crippen LogP contribution in [0.2, 0.25) is 5.02 Å². The van der Waals surface area contributed by atoms with Gasteiger partial charge in [-0.2, -0.15) is 5.10 Å². The van der Waals surface area contributed by atoms with Crippen LogP contribution in [0.5, 0.6) is 0 Å². The predicted molar refractivity (Wildman–Crippen MR) is 72.9 cm³/mol. The Hall–Kier alpha value is -1.07. The number of aromatic nitrogens is 2. The van der Waals surface area contributed by atoms with Crippen LogP contribution in [0.1, 0.15) is 19.3 Å². The Morgan fingerprint density at radius 3 is 2.84 bits per heavy atom. The van der Waals surface area contributed by atoms with Gasteiger partial charge in [0.05, 0.1) is 23.8 Å². The lowest BCUT2D eigenvalue weighted by Gasteiger charge is -2.44. The molecule has 104 valence electrons. The second-order valence-corrected chi connectivity index (χ2v) is 5.88. The SMILES string of the molecule is O=C(NCCn1cc(Cl)cn1)C1CC2CCN1CC2. The highest BCUT2D eigenvalue weighted by Gasteiger charge is 2.37. The van der Waals surface area contributed by atoms with Gasteiger partial charge >= 0.3 is 0 Å². The Balaban J connectivity index is 1.46. The topological polar surface area (TPSA) is 50.2 Å². The Kier molecular flexibility index (Phi) is 3.75. The first kappa shape index (κ1) is 12.9. The monoisotopic (exact) mass is 282 g/mol. The van der Waals surface area contributed by atoms with E-state index in [0.29, 0.717) is 18.1 Å². The summed E-state index contributed by atoms with van der Waals surface area (Å²) < 4.78 is 1.75. The molecule has 1 aromatic rings. The molecular weight excluding hydrogens is 264 g/mol. The number of carbonyl (C=O) groups is 1. The number of nitrogens with zero attached hydrogens (tertiary/aromatic N) is 3. The average molecular weight is 283 g/mol. The van der Waals surface area contributed by atoms with Crippen molar-refractivity contribution in [3.05, 3.63) is 17.4 Å². The van der Waals surface area contributed by atoms with Gasteiger partial charge in [0.15, 0.2) is 0 Å². The summed E-state index contributed by atoms with van der Waals surface area (Å²) in [5.74, 6) is 0.924. The number of halogens is 1. The number of hydrogen-bond acceptors (Lipinski definition) is 3. The molecule has 1 N–H and O–H groups in total. The minimum atomic E-state index is 0.0914. The quantitative estimate of drug-likeness (QED) is 0.901. The summed E-state index contributed by atoms with van der Waals surface area (Å²) >= 11 is 5.79. The Morgan fingerprint density at radius 1 is 1.47 bits per heavy atom. The highest BCUT2D eigenvalue weighted by Crippen LogP contribution is 2.31. The van der Waals surface area contributed by atoms with Crippen molar-refractivity contribution in [2.24, 2.45) is 5.92 Å². The molecule has 19 heavy (non-hydrogen) atoms. The fourth-order valence-electron chi connectivity index (χ4n) is 3.11. The van der Waals surface area contributed by atoms with E-state index >= 15 is 0 Å². The lowest BCUT2D eigenvalue weighted by molar-refractivity contribution is -0.130. The van der Waals surface area contributed by atoms with Crippen LogP contribution in [0.15, 0.2) is 12.4 Å². The van der Waals surface area contributed by atoms with E-state index in [4.69, 9.17) is 11.6 Å². The third-order valence-corrected chi connectivity index (χ3v) is 4.39. The molecule has 1 amide bonds. The zero-order valence-electron chi connectivity index (χ0n) is 10.9. The number of carbonyl (C=O) groups excluding carboxylic acids is 1. The smallest absolute Gasteiger partial charge is 0.237 e. The van der Waals surface area contributed by atoms with E-state index in [9.17, 15) is 4.79 Å². The minimum Gasteiger partial charge on any atom is -0.353 e. The molecule has 0 aliphatic carbocycles. The first-order valence-corrected chi connectivity index (χ1v) is 7.30. The second-order valence-electron chi connectivity index (χ2n) is 5.44. The largest absolute Gasteiger partial charge is 0.353 e. The van der Waals surface area contributed by atoms with Gasteiger partial charge in [0, 0.05) is 12.7 Å². The molecule has 3 saturated heterocycles. The van der Waals surface area contributed by atoms with Crippen LogP contribution >= 0.6 is 11.6 Å². The summed E-state index contributed by atoms with van der Waals surface area (Å²) in [5.41, 5.74) is 0. The van der Waals surface area contributed by atoms with Crippen LogP contribution in [0.4, 0.5) is 0 Å². The maximum Gasteiger partial charge on any atom is 0.237 e. The Morgan fingerprint density at radius 2 is 2.26 bits per heavy atom. The van der Waals surface area contributed by atoms with Crippen LogP contribution in [0.25, 0.3) is 0 Å². The molecule has 0 spiro atoms. The van der Waals surface area contributed by atoms with E-state index in [2.05, 4.69) is 15.3 Å². The average Bonchev–Trinajstić information content (AvgIpc) is 2.85. The molecule has 1 unspecified atom stereocenters. The summed E-state index contributed by atoms with van der Waals surface area (Å²) in [6.45, 7) is 3.43. The molecule has 1 aromatic heterocycles. The van der Waals surface area contributed by atoms with E-state index in [-0.39, 0.29) is 11.9 Å². The molecule has 3 fully saturated rings. The van der Waals surface area contributed by atoms with E-state index in [1.807, 2.05) is 0 Å². The van der Waals surface area contributed by atoms with Gasteiger partial charge in [-0.05, 0) is 38.3 Å². The maximum atomic E-state index is 12.2. The minimum absolute atomic E-state index is 0.0914. The lowest BCUT2D eigenvalue weighted by Crippen LogP contribution is -2.55. The number of fused-ring (bicyclic) bond motifs is 3. The van der Waals surface area contributed by atoms with E-state index in [0.717, 1.165) is 25.4 Å². The summed E-state index contributed by atoms with van der Waals surface area (Å²) in [7, 11) is 0. The molecule has 5 nitrogen and oxygen atoms in total. The van der Waals surface area contributed by atoms with Gasteiger partial charge in [0.25, 0.3) is 0 Å². The van der Waals surface area contributed by atoms with Crippen LogP contribution in [-0.4, -0.2) is 46.3 Å². The van der Waals surface area contributed by atoms with Crippen molar-refractivity contribution in [2.75, 3.05) is 19.6 Å². The zero-order chi connectivity index (χ0) is 13.2. The zero-order valence-corrected chi connectivity index (χ0v) is 11.6. The summed E-state index contributed by atoms with van der Waals surface area (Å²) in [4.78, 5) is 14.5. The van der Waals surface area contributed by atoms with Crippen molar-refractivity contribution in [1.29, 1.82) is 0 Å². The number of nitrogens with one attached hydrogen (secondary N) is 1. The standard InChI is InChI=1S/C13H19ClN4O/c14-11-8-16-18(9-11)6-3-15-13(19)12-7-10-1-4-17(12)5-2-10/h8-10,12H,1-7H2,(H,15,19). The Labute approximate surface area is 117 Å². The molecule has 4 rings (SSSR count). The summed E-state index contributed by atoms with van der Waals surface area (Å²) in [5, 5.41) is 7.72. The fourth-order valence-corrected chi connectivity index (χ4v) is 3.27. The lowest BCUT2D eigenvalue weighted by atomic mass is 9.83. The molecular formula is C13H19ClN4O. The third kappa shape index (κ3) is 2.92. The molecule has 3 aliphatic rings. The van der Waals surface area contributed by atoms with Crippen molar-refractivity contribution in [3.63, 3.8) is 0 Å². The van der Waals surface area contributed by atoms with Gasteiger partial charge in [-0.15, -0.1) is 0 Å². The second kappa shape index (κ2) is 5.51. The molecule has 3 aliphatic heterocycles. The number of hydrogen-bond donors (Lipinski definition) is 1. The molecule has 1 atom stereocenters. The van der Waals surface area contributed by atoms with Crippen molar-refractivity contribution in [2.45, 2.75) is 31.8 Å². The van der Waals surface area contributed by atoms with Gasteiger partial charge in [-0.1, -0.05) is 11.6 Å². The van der Waals surface area contributed by atoms with Crippen molar-refractivity contribution >= 4 is 17.5 Å². The van der Waals surface area contributed by atoms with E-state index < -0.39 is 0 Å². The number of amides is 1. The van der Waals surface area contributed by atoms with Crippen LogP contribution in [0, 0.1) is 5.92 Å². The number of piperidine rings is 3. The molecule has 0 radical (unpaired) electrons. The first-order valence-electron chi connectivity index (χ1n) is 6.92. The van der Waals surface area contributed by atoms with Crippen molar-refractivity contribution < 1.29 is 4.79 Å². The predicted octanol–water partition coefficient (Wildman–Crippen LogP) is 1.14. The summed E-state index contributed by atoms with van der Waals surface area (Å²) in [6.07, 6.45) is 6.92. The highest BCUT2D eigenvalue weighted by molar-refractivity contribution is 6.30. The number of rotatable bonds is 4. The molecule has 0 saturated carbocycles. The normalized spacial score (nSPS) is 29.4. The van der Waals surface area contributed by atoms with Gasteiger partial charge in [0.2, 0.25) is 5.91 Å². The van der Waals surface area contributed by atoms with Gasteiger partial charge in [-0.3, -0.25) is 14.4 Å². The highest BCUT2D eigenvalue weighted by atomic mass is 35.5. The van der Waals surface area contributed by atoms with Crippen LogP contribution < -0.4 is 5.32 Å². The van der Waals surface area contributed by atoms with Crippen molar-refractivity contribution in [3.8, 4) is 0 Å². The van der Waals surface area contributed by atoms with E-state index in [1.54, 1.807) is 17.1 Å². The molecule has 0 aromatic carbocycles. The first-order chi connectivity index (χ1) is 9.22. The van der Waals surface area contributed by atoms with Gasteiger partial charge in [-0.25, -0.2) is 0 Å². The van der Waals surface area contributed by atoms with Gasteiger partial charge in [0.1, 0.15) is 0 Å². The summed E-state index contributed by atoms with van der Waals surface area (Å²) in [6, 6.07) is 0.0914. The fraction of sp³-hybridized carbons (Fsp3) is 0.692. The van der Waals surface area contributed by atoms with E-state index in [1.165, 1.54) is 12.8 Å². The molecule has 4 heterocycles. The van der Waals surface area contributed by atoms with Crippen LogP contribution in [-0.2, 0) is 11.3 Å². The van der Waals surface area contributed by atoms with Crippen LogP contribution in [0.3, 0.4) is 0 Å². The third-order valence-electron chi connectivity index (χ3n) is 4.19. The van der Waals surface area contributed by atoms with Gasteiger partial charge < -0.3 is 5.32 Å². The van der Waals surface area contributed by atoms with Crippen molar-refractivity contribution in [1.82, 2.24) is 20.0 Å². The Bertz CT molecular complexity index is 453. The molecule has 2 bridgehead atoms.